The summed E-state index contributed by atoms with van der Waals surface area (Å²) in [6, 6.07) is 14.4. The fraction of sp³-hybridized carbons (Fsp3) is 0.500. The van der Waals surface area contributed by atoms with Crippen LogP contribution in [0, 0.1) is 12.8 Å². The molecular formula is C36H43N5O6S2. The zero-order valence-corrected chi connectivity index (χ0v) is 29.2. The van der Waals surface area contributed by atoms with Crippen LogP contribution in [0.3, 0.4) is 0 Å². The molecule has 49 heavy (non-hydrogen) atoms. The highest BCUT2D eigenvalue weighted by Crippen LogP contribution is 2.46. The molecule has 11 nitrogen and oxygen atoms in total. The van der Waals surface area contributed by atoms with E-state index in [-0.39, 0.29) is 31.2 Å². The van der Waals surface area contributed by atoms with Gasteiger partial charge in [-0.3, -0.25) is 19.1 Å². The van der Waals surface area contributed by atoms with Gasteiger partial charge in [-0.2, -0.15) is 0 Å². The number of carbonyl (C=O) groups excluding carboxylic acids is 3. The highest BCUT2D eigenvalue weighted by atomic mass is 32.2. The highest BCUT2D eigenvalue weighted by molar-refractivity contribution is 7.91. The van der Waals surface area contributed by atoms with Crippen LogP contribution in [0.15, 0.2) is 60.7 Å². The second kappa shape index (κ2) is 13.8. The molecule has 0 spiro atoms. The van der Waals surface area contributed by atoms with Gasteiger partial charge in [0.2, 0.25) is 21.8 Å². The van der Waals surface area contributed by atoms with Gasteiger partial charge in [0.05, 0.1) is 28.1 Å². The molecular weight excluding hydrogens is 663 g/mol. The van der Waals surface area contributed by atoms with E-state index in [9.17, 15) is 22.8 Å². The first-order chi connectivity index (χ1) is 23.6. The minimum atomic E-state index is -3.82. The van der Waals surface area contributed by atoms with E-state index in [4.69, 9.17) is 4.74 Å². The van der Waals surface area contributed by atoms with Gasteiger partial charge < -0.3 is 20.3 Å². The summed E-state index contributed by atoms with van der Waals surface area (Å²) in [5.41, 5.74) is 1.58. The summed E-state index contributed by atoms with van der Waals surface area (Å²) in [4.78, 5) is 48.5. The van der Waals surface area contributed by atoms with Crippen molar-refractivity contribution in [2.75, 3.05) is 6.54 Å². The number of fused-ring (bicyclic) bond motifs is 3. The molecule has 3 fully saturated rings. The third kappa shape index (κ3) is 7.53. The molecule has 3 amide bonds. The molecule has 2 aliphatic heterocycles. The number of benzene rings is 2. The van der Waals surface area contributed by atoms with E-state index in [0.29, 0.717) is 31.0 Å². The van der Waals surface area contributed by atoms with Crippen molar-refractivity contribution in [1.29, 1.82) is 0 Å². The topological polar surface area (TPSA) is 147 Å². The van der Waals surface area contributed by atoms with Gasteiger partial charge in [0, 0.05) is 18.9 Å². The Balaban J connectivity index is 1.16. The summed E-state index contributed by atoms with van der Waals surface area (Å²) in [7, 11) is -3.82. The number of amides is 3. The minimum absolute atomic E-state index is 0.175. The Hall–Kier alpha value is -3.81. The number of ether oxygens (including phenoxy) is 1. The molecule has 0 bridgehead atoms. The van der Waals surface area contributed by atoms with E-state index in [0.717, 1.165) is 47.0 Å². The molecule has 0 radical (unpaired) electrons. The third-order valence-electron chi connectivity index (χ3n) is 10.0. The molecule has 4 aliphatic rings. The fourth-order valence-corrected chi connectivity index (χ4v) is 9.29. The molecule has 13 heteroatoms. The molecule has 2 aromatic carbocycles. The number of rotatable bonds is 8. The third-order valence-corrected chi connectivity index (χ3v) is 12.8. The summed E-state index contributed by atoms with van der Waals surface area (Å²) < 4.78 is 35.1. The number of nitrogens with zero attached hydrogens (tertiary/aromatic N) is 2. The van der Waals surface area contributed by atoms with E-state index < -0.39 is 50.8 Å². The molecule has 3 aromatic rings. The first-order valence-electron chi connectivity index (χ1n) is 17.3. The maximum atomic E-state index is 14.4. The minimum Gasteiger partial charge on any atom is -0.465 e. The van der Waals surface area contributed by atoms with E-state index in [2.05, 4.69) is 20.3 Å². The lowest BCUT2D eigenvalue weighted by atomic mass is 10.0. The predicted molar refractivity (Wildman–Crippen MR) is 187 cm³/mol. The Bertz CT molecular complexity index is 1860. The van der Waals surface area contributed by atoms with Gasteiger partial charge in [0.25, 0.3) is 11.1 Å². The van der Waals surface area contributed by atoms with Crippen molar-refractivity contribution in [3.63, 3.8) is 0 Å². The second-order valence-corrected chi connectivity index (χ2v) is 16.8. The van der Waals surface area contributed by atoms with Crippen LogP contribution in [-0.2, 0) is 31.0 Å². The Morgan fingerprint density at radius 3 is 2.71 bits per heavy atom. The molecule has 260 valence electrons. The Morgan fingerprint density at radius 1 is 1.10 bits per heavy atom. The summed E-state index contributed by atoms with van der Waals surface area (Å²) in [6.07, 6.45) is 9.00. The predicted octanol–water partition coefficient (Wildman–Crippen LogP) is 4.12. The number of thiazole rings is 1. The lowest BCUT2D eigenvalue weighted by Crippen LogP contribution is -2.58. The summed E-state index contributed by atoms with van der Waals surface area (Å²) >= 11 is 1.42. The number of hydrogen-bond acceptors (Lipinski definition) is 9. The normalized spacial score (nSPS) is 28.5. The molecule has 7 rings (SSSR count). The van der Waals surface area contributed by atoms with E-state index in [1.807, 2.05) is 67.6 Å². The molecule has 3 heterocycles. The number of nitrogens with one attached hydrogen (secondary N) is 3. The van der Waals surface area contributed by atoms with Crippen molar-refractivity contribution in [3.8, 4) is 5.19 Å². The van der Waals surface area contributed by atoms with Gasteiger partial charge in [-0.25, -0.2) is 13.4 Å². The van der Waals surface area contributed by atoms with Crippen molar-refractivity contribution < 1.29 is 27.5 Å². The van der Waals surface area contributed by atoms with Crippen molar-refractivity contribution in [1.82, 2.24) is 25.2 Å². The SMILES string of the molecule is Cc1ccc2nc(O[C@@H]3C[C@H]4C(=O)N[C@]5(C(=O)NS(=O)(=O)C6CC6)C[C@@H]5/C=C\CCCCC[C@H](NCc5ccccc5)C(=O)N4C3)sc2c1. The van der Waals surface area contributed by atoms with E-state index >= 15 is 0 Å². The molecule has 2 aliphatic carbocycles. The van der Waals surface area contributed by atoms with Gasteiger partial charge >= 0.3 is 0 Å². The molecule has 2 saturated carbocycles. The van der Waals surface area contributed by atoms with Crippen LogP contribution in [0.4, 0.5) is 0 Å². The zero-order valence-electron chi connectivity index (χ0n) is 27.6. The Morgan fingerprint density at radius 2 is 1.92 bits per heavy atom. The number of carbonyl (C=O) groups is 3. The largest absolute Gasteiger partial charge is 0.465 e. The lowest BCUT2D eigenvalue weighted by Gasteiger charge is -2.30. The van der Waals surface area contributed by atoms with Crippen LogP contribution < -0.4 is 20.1 Å². The number of aryl methyl sites for hydroxylation is 1. The lowest BCUT2D eigenvalue weighted by molar-refractivity contribution is -0.141. The summed E-state index contributed by atoms with van der Waals surface area (Å²) in [5, 5.41) is 6.30. The van der Waals surface area contributed by atoms with Gasteiger partial charge in [-0.1, -0.05) is 72.7 Å². The first-order valence-corrected chi connectivity index (χ1v) is 19.6. The smallest absolute Gasteiger partial charge is 0.274 e. The van der Waals surface area contributed by atoms with Gasteiger partial charge in [-0.05, 0) is 68.7 Å². The van der Waals surface area contributed by atoms with Crippen molar-refractivity contribution >= 4 is 49.3 Å². The van der Waals surface area contributed by atoms with E-state index in [1.165, 1.54) is 11.3 Å². The fourth-order valence-electron chi connectivity index (χ4n) is 6.94. The van der Waals surface area contributed by atoms with E-state index in [1.54, 1.807) is 4.90 Å². The summed E-state index contributed by atoms with van der Waals surface area (Å²) in [6.45, 7) is 2.69. The average molecular weight is 706 g/mol. The average Bonchev–Trinajstić information content (AvgIpc) is 3.97. The highest BCUT2D eigenvalue weighted by Gasteiger charge is 2.62. The Labute approximate surface area is 290 Å². The van der Waals surface area contributed by atoms with Crippen LogP contribution >= 0.6 is 11.3 Å². The first kappa shape index (κ1) is 33.7. The second-order valence-electron chi connectivity index (χ2n) is 13.9. The summed E-state index contributed by atoms with van der Waals surface area (Å²) in [5.74, 6) is -1.76. The molecule has 1 saturated heterocycles. The number of aromatic nitrogens is 1. The van der Waals surface area contributed by atoms with Crippen LogP contribution in [0.1, 0.15) is 68.9 Å². The van der Waals surface area contributed by atoms with Gasteiger partial charge in [0.15, 0.2) is 0 Å². The van der Waals surface area contributed by atoms with Crippen LogP contribution in [0.2, 0.25) is 0 Å². The number of hydrogen-bond donors (Lipinski definition) is 3. The molecule has 1 aromatic heterocycles. The Kier molecular flexibility index (Phi) is 9.51. The zero-order chi connectivity index (χ0) is 34.2. The van der Waals surface area contributed by atoms with Crippen molar-refractivity contribution in [2.45, 2.75) is 100 Å². The maximum absolute atomic E-state index is 14.4. The van der Waals surface area contributed by atoms with Crippen LogP contribution in [0.25, 0.3) is 10.2 Å². The maximum Gasteiger partial charge on any atom is 0.274 e. The van der Waals surface area contributed by atoms with Crippen molar-refractivity contribution in [3.05, 3.63) is 71.8 Å². The quantitative estimate of drug-likeness (QED) is 0.297. The van der Waals surface area contributed by atoms with Crippen LogP contribution in [-0.4, -0.2) is 71.5 Å². The van der Waals surface area contributed by atoms with Gasteiger partial charge in [-0.15, -0.1) is 0 Å². The molecule has 0 unspecified atom stereocenters. The van der Waals surface area contributed by atoms with Crippen LogP contribution in [0.5, 0.6) is 5.19 Å². The molecule has 5 atom stereocenters. The standard InChI is InChI=1S/C36H43N5O6S2/c1-23-14-17-28-31(18-23)48-35(38-28)47-26-19-30-32(42)39-36(34(44)40-49(45,46)27-15-16-27)20-25(36)12-8-3-2-4-9-13-29(33(43)41(30)22-26)37-21-24-10-6-5-7-11-24/h5-8,10-12,14,17-18,25-27,29-30,37H,2-4,9,13,15-16,19-22H2,1H3,(H,39,42)(H,40,44)/b12-8-/t25-,26+,29-,30-,36+/m0/s1. The van der Waals surface area contributed by atoms with Crippen molar-refractivity contribution in [2.24, 2.45) is 5.92 Å². The molecule has 3 N–H and O–H groups in total. The number of sulfonamides is 1. The monoisotopic (exact) mass is 705 g/mol. The number of allylic oxidation sites excluding steroid dienone is 1. The van der Waals surface area contributed by atoms with Gasteiger partial charge in [0.1, 0.15) is 17.7 Å².